The Balaban J connectivity index is 1.97. The smallest absolute Gasteiger partial charge is 0.261 e. The number of rotatable bonds is 5. The highest BCUT2D eigenvalue weighted by molar-refractivity contribution is 6.32. The highest BCUT2D eigenvalue weighted by atomic mass is 35.5. The molecule has 0 spiro atoms. The fourth-order valence-electron chi connectivity index (χ4n) is 2.52. The van der Waals surface area contributed by atoms with Gasteiger partial charge >= 0.3 is 0 Å². The predicted molar refractivity (Wildman–Crippen MR) is 111 cm³/mol. The van der Waals surface area contributed by atoms with Crippen molar-refractivity contribution in [2.75, 3.05) is 10.6 Å². The number of nitrogens with one attached hydrogen (secondary N) is 2. The van der Waals surface area contributed by atoms with Crippen molar-refractivity contribution in [2.24, 2.45) is 0 Å². The van der Waals surface area contributed by atoms with Gasteiger partial charge in [-0.05, 0) is 48.0 Å². The van der Waals surface area contributed by atoms with Crippen LogP contribution in [0.5, 0.6) is 5.75 Å². The van der Waals surface area contributed by atoms with Gasteiger partial charge in [-0.15, -0.1) is 0 Å². The second-order valence-corrected chi connectivity index (χ2v) is 6.54. The van der Waals surface area contributed by atoms with Gasteiger partial charge in [0, 0.05) is 0 Å². The van der Waals surface area contributed by atoms with E-state index in [1.807, 2.05) is 0 Å². The van der Waals surface area contributed by atoms with Gasteiger partial charge in [0.2, 0.25) is 0 Å². The van der Waals surface area contributed by atoms with E-state index in [0.29, 0.717) is 5.56 Å². The lowest BCUT2D eigenvalue weighted by Gasteiger charge is -2.11. The molecule has 3 aromatic carbocycles. The minimum atomic E-state index is -0.918. The molecule has 0 unspecified atom stereocenters. The van der Waals surface area contributed by atoms with E-state index in [0.717, 1.165) is 12.1 Å². The number of carbonyl (C=O) groups excluding carboxylic acids is 2. The van der Waals surface area contributed by atoms with Crippen LogP contribution in [0.1, 0.15) is 5.56 Å². The van der Waals surface area contributed by atoms with Crippen molar-refractivity contribution < 1.29 is 23.5 Å². The van der Waals surface area contributed by atoms with E-state index in [1.165, 1.54) is 60.7 Å². The van der Waals surface area contributed by atoms with Crippen molar-refractivity contribution in [3.63, 3.8) is 0 Å². The third-order valence-corrected chi connectivity index (χ3v) is 4.32. The van der Waals surface area contributed by atoms with Crippen LogP contribution in [0, 0.1) is 11.6 Å². The van der Waals surface area contributed by atoms with Crippen LogP contribution in [0.25, 0.3) is 6.08 Å². The summed E-state index contributed by atoms with van der Waals surface area (Å²) in [6.07, 6.45) is 1.19. The van der Waals surface area contributed by atoms with Gasteiger partial charge in [-0.2, -0.15) is 0 Å². The number of hydrogen-bond acceptors (Lipinski definition) is 3. The van der Waals surface area contributed by atoms with Crippen molar-refractivity contribution in [3.8, 4) is 5.75 Å². The first kappa shape index (κ1) is 21.0. The van der Waals surface area contributed by atoms with E-state index >= 15 is 0 Å². The Morgan fingerprint density at radius 1 is 0.833 bits per heavy atom. The Morgan fingerprint density at radius 2 is 1.33 bits per heavy atom. The lowest BCUT2D eigenvalue weighted by atomic mass is 10.1. The Morgan fingerprint density at radius 3 is 1.80 bits per heavy atom. The molecule has 0 atom stereocenters. The maximum atomic E-state index is 13.9. The number of benzene rings is 3. The van der Waals surface area contributed by atoms with Gasteiger partial charge in [0.05, 0.1) is 16.4 Å². The van der Waals surface area contributed by atoms with E-state index in [-0.39, 0.29) is 22.1 Å². The average Bonchev–Trinajstić information content (AvgIpc) is 2.72. The molecule has 0 aromatic heterocycles. The number of aromatic hydroxyl groups is 1. The first-order chi connectivity index (χ1) is 14.3. The summed E-state index contributed by atoms with van der Waals surface area (Å²) in [7, 11) is 0. The zero-order chi connectivity index (χ0) is 21.7. The summed E-state index contributed by atoms with van der Waals surface area (Å²) in [5.41, 5.74) is -0.366. The number of halogens is 3. The maximum absolute atomic E-state index is 13.9. The van der Waals surface area contributed by atoms with E-state index in [2.05, 4.69) is 10.6 Å². The molecule has 3 aromatic rings. The van der Waals surface area contributed by atoms with Crippen LogP contribution >= 0.6 is 11.6 Å². The molecule has 0 radical (unpaired) electrons. The van der Waals surface area contributed by atoms with Crippen molar-refractivity contribution in [3.05, 3.63) is 94.5 Å². The Labute approximate surface area is 175 Å². The number of hydrogen-bond donors (Lipinski definition) is 3. The molecule has 0 fully saturated rings. The van der Waals surface area contributed by atoms with Gasteiger partial charge in [-0.1, -0.05) is 41.9 Å². The Bertz CT molecular complexity index is 1090. The highest BCUT2D eigenvalue weighted by Crippen LogP contribution is 2.25. The summed E-state index contributed by atoms with van der Waals surface area (Å²) < 4.78 is 27.8. The number of phenols is 1. The van der Waals surface area contributed by atoms with Gasteiger partial charge in [-0.3, -0.25) is 9.59 Å². The summed E-state index contributed by atoms with van der Waals surface area (Å²) >= 11 is 5.88. The first-order valence-electron chi connectivity index (χ1n) is 8.67. The lowest BCUT2D eigenvalue weighted by molar-refractivity contribution is -0.118. The van der Waals surface area contributed by atoms with Gasteiger partial charge in [0.25, 0.3) is 11.8 Å². The largest absolute Gasteiger partial charge is 0.506 e. The van der Waals surface area contributed by atoms with Crippen LogP contribution in [0.15, 0.2) is 72.3 Å². The van der Waals surface area contributed by atoms with Crippen LogP contribution in [0.4, 0.5) is 20.2 Å². The zero-order valence-electron chi connectivity index (χ0n) is 15.3. The molecular weight excluding hydrogens is 414 g/mol. The molecule has 0 aliphatic carbocycles. The van der Waals surface area contributed by atoms with Crippen molar-refractivity contribution in [2.45, 2.75) is 0 Å². The topological polar surface area (TPSA) is 78.4 Å². The zero-order valence-corrected chi connectivity index (χ0v) is 16.1. The summed E-state index contributed by atoms with van der Waals surface area (Å²) in [6.45, 7) is 0. The van der Waals surface area contributed by atoms with Crippen LogP contribution in [-0.2, 0) is 9.59 Å². The molecular formula is C22H15ClF2N2O3. The van der Waals surface area contributed by atoms with Crippen molar-refractivity contribution >= 4 is 40.9 Å². The lowest BCUT2D eigenvalue weighted by Crippen LogP contribution is -2.26. The molecule has 0 saturated heterocycles. The van der Waals surface area contributed by atoms with Gasteiger partial charge in [0.1, 0.15) is 23.0 Å². The van der Waals surface area contributed by atoms with E-state index < -0.39 is 29.0 Å². The molecule has 0 aliphatic heterocycles. The third-order valence-electron chi connectivity index (χ3n) is 4.02. The fourth-order valence-corrected chi connectivity index (χ4v) is 2.71. The fraction of sp³-hybridized carbons (Fsp3) is 0. The summed E-state index contributed by atoms with van der Waals surface area (Å²) in [5.74, 6) is -3.39. The number of anilines is 2. The molecule has 3 rings (SSSR count). The van der Waals surface area contributed by atoms with Gasteiger partial charge in [-0.25, -0.2) is 8.78 Å². The minimum Gasteiger partial charge on any atom is -0.506 e. The van der Waals surface area contributed by atoms with Crippen LogP contribution < -0.4 is 10.6 Å². The predicted octanol–water partition coefficient (Wildman–Crippen LogP) is 4.98. The SMILES string of the molecule is O=C(Nc1ccccc1F)C(=Cc1ccc(O)c(Cl)c1)C(=O)Nc1ccccc1F. The number of carbonyl (C=O) groups is 2. The normalized spacial score (nSPS) is 10.2. The van der Waals surface area contributed by atoms with Crippen LogP contribution in [0.3, 0.4) is 0 Å². The number of para-hydroxylation sites is 2. The molecule has 0 saturated carbocycles. The molecule has 5 nitrogen and oxygen atoms in total. The molecule has 0 heterocycles. The third kappa shape index (κ3) is 5.01. The first-order valence-corrected chi connectivity index (χ1v) is 9.05. The van der Waals surface area contributed by atoms with Crippen LogP contribution in [-0.4, -0.2) is 16.9 Å². The second-order valence-electron chi connectivity index (χ2n) is 6.14. The van der Waals surface area contributed by atoms with Crippen LogP contribution in [0.2, 0.25) is 5.02 Å². The summed E-state index contributed by atoms with van der Waals surface area (Å²) in [4.78, 5) is 25.5. The minimum absolute atomic E-state index is 0.00660. The van der Waals surface area contributed by atoms with Gasteiger partial charge in [0.15, 0.2) is 0 Å². The second kappa shape index (κ2) is 9.19. The number of phenolic OH excluding ortho intramolecular Hbond substituents is 1. The molecule has 0 bridgehead atoms. The molecule has 0 aliphatic rings. The maximum Gasteiger partial charge on any atom is 0.261 e. The Kier molecular flexibility index (Phi) is 6.44. The molecule has 152 valence electrons. The van der Waals surface area contributed by atoms with Crippen molar-refractivity contribution in [1.82, 2.24) is 0 Å². The summed E-state index contributed by atoms with van der Waals surface area (Å²) in [5, 5.41) is 14.2. The van der Waals surface area contributed by atoms with E-state index in [9.17, 15) is 23.5 Å². The van der Waals surface area contributed by atoms with E-state index in [1.54, 1.807) is 0 Å². The molecule has 30 heavy (non-hydrogen) atoms. The quantitative estimate of drug-likeness (QED) is 0.304. The molecule has 8 heteroatoms. The number of amides is 2. The highest BCUT2D eigenvalue weighted by Gasteiger charge is 2.21. The van der Waals surface area contributed by atoms with E-state index in [4.69, 9.17) is 11.6 Å². The summed E-state index contributed by atoms with van der Waals surface area (Å²) in [6, 6.07) is 14.9. The standard InChI is InChI=1S/C22H15ClF2N2O3/c23-15-12-13(9-10-20(15)28)11-14(21(29)26-18-7-3-1-5-16(18)24)22(30)27-19-8-4-2-6-17(19)25/h1-12,28H,(H,26,29)(H,27,30). The monoisotopic (exact) mass is 428 g/mol. The Hall–Kier alpha value is -3.71. The average molecular weight is 429 g/mol. The molecule has 2 amide bonds. The van der Waals surface area contributed by atoms with Crippen molar-refractivity contribution in [1.29, 1.82) is 0 Å². The molecule has 3 N–H and O–H groups in total. The van der Waals surface area contributed by atoms with Gasteiger partial charge < -0.3 is 15.7 Å².